The highest BCUT2D eigenvalue weighted by molar-refractivity contribution is 9.10. The third kappa shape index (κ3) is 3.46. The molecule has 18 heavy (non-hydrogen) atoms. The number of nitrogens with zero attached hydrogens (tertiary/aromatic N) is 2. The lowest BCUT2D eigenvalue weighted by molar-refractivity contribution is 0.983. The van der Waals surface area contributed by atoms with Gasteiger partial charge in [0.25, 0.3) is 0 Å². The lowest BCUT2D eigenvalue weighted by atomic mass is 10.4. The molecule has 3 nitrogen and oxygen atoms in total. The molecule has 2 aromatic rings. The van der Waals surface area contributed by atoms with Crippen molar-refractivity contribution in [3.8, 4) is 0 Å². The van der Waals surface area contributed by atoms with E-state index in [4.69, 9.17) is 0 Å². The van der Waals surface area contributed by atoms with E-state index in [0.717, 1.165) is 26.5 Å². The van der Waals surface area contributed by atoms with E-state index in [1.54, 1.807) is 11.8 Å². The monoisotopic (exact) mass is 323 g/mol. The van der Waals surface area contributed by atoms with Crippen LogP contribution in [0.4, 0.5) is 5.95 Å². The predicted molar refractivity (Wildman–Crippen MR) is 79.2 cm³/mol. The molecule has 2 rings (SSSR count). The highest BCUT2D eigenvalue weighted by atomic mass is 79.9. The van der Waals surface area contributed by atoms with E-state index in [9.17, 15) is 0 Å². The number of aromatic nitrogens is 2. The summed E-state index contributed by atoms with van der Waals surface area (Å²) in [7, 11) is 0. The Bertz CT molecular complexity index is 546. The van der Waals surface area contributed by atoms with Gasteiger partial charge in [0, 0.05) is 27.7 Å². The first-order chi connectivity index (χ1) is 8.69. The largest absolute Gasteiger partial charge is 0.354 e. The van der Waals surface area contributed by atoms with Crippen molar-refractivity contribution >= 4 is 33.6 Å². The summed E-state index contributed by atoms with van der Waals surface area (Å²) in [4.78, 5) is 9.92. The molecule has 0 bridgehead atoms. The van der Waals surface area contributed by atoms with Gasteiger partial charge in [0.15, 0.2) is 0 Å². The summed E-state index contributed by atoms with van der Waals surface area (Å²) >= 11 is 5.12. The van der Waals surface area contributed by atoms with Gasteiger partial charge in [-0.1, -0.05) is 33.8 Å². The van der Waals surface area contributed by atoms with Crippen LogP contribution in [0.1, 0.15) is 12.5 Å². The van der Waals surface area contributed by atoms with E-state index in [1.165, 1.54) is 0 Å². The molecule has 5 heteroatoms. The molecule has 0 aliphatic rings. The average molecular weight is 324 g/mol. The summed E-state index contributed by atoms with van der Waals surface area (Å²) in [5.74, 6) is 0.681. The topological polar surface area (TPSA) is 37.8 Å². The zero-order valence-electron chi connectivity index (χ0n) is 10.3. The second-order valence-electron chi connectivity index (χ2n) is 3.77. The van der Waals surface area contributed by atoms with Gasteiger partial charge < -0.3 is 5.32 Å². The molecule has 0 aliphatic carbocycles. The van der Waals surface area contributed by atoms with Crippen LogP contribution in [0.5, 0.6) is 0 Å². The van der Waals surface area contributed by atoms with Crippen LogP contribution in [-0.4, -0.2) is 16.5 Å². The minimum atomic E-state index is 0.681. The molecule has 0 unspecified atom stereocenters. The van der Waals surface area contributed by atoms with Crippen molar-refractivity contribution in [1.29, 1.82) is 0 Å². The zero-order chi connectivity index (χ0) is 13.0. The van der Waals surface area contributed by atoms with E-state index >= 15 is 0 Å². The van der Waals surface area contributed by atoms with Gasteiger partial charge in [-0.3, -0.25) is 0 Å². The van der Waals surface area contributed by atoms with Gasteiger partial charge in [-0.25, -0.2) is 9.97 Å². The highest BCUT2D eigenvalue weighted by Crippen LogP contribution is 2.30. The first kappa shape index (κ1) is 13.4. The van der Waals surface area contributed by atoms with Crippen molar-refractivity contribution < 1.29 is 0 Å². The Morgan fingerprint density at radius 1 is 1.39 bits per heavy atom. The van der Waals surface area contributed by atoms with E-state index in [2.05, 4.69) is 43.3 Å². The molecular weight excluding hydrogens is 310 g/mol. The smallest absolute Gasteiger partial charge is 0.223 e. The molecule has 0 atom stereocenters. The zero-order valence-corrected chi connectivity index (χ0v) is 12.7. The number of aryl methyl sites for hydroxylation is 1. The number of halogens is 1. The summed E-state index contributed by atoms with van der Waals surface area (Å²) in [6.07, 6.45) is 1.85. The van der Waals surface area contributed by atoms with Crippen LogP contribution < -0.4 is 5.32 Å². The van der Waals surface area contributed by atoms with E-state index in [0.29, 0.717) is 5.95 Å². The fraction of sp³-hybridized carbons (Fsp3) is 0.231. The molecular formula is C13H14BrN3S. The fourth-order valence-electron chi connectivity index (χ4n) is 1.42. The lowest BCUT2D eigenvalue weighted by Gasteiger charge is -2.07. The molecule has 1 heterocycles. The lowest BCUT2D eigenvalue weighted by Crippen LogP contribution is -2.03. The van der Waals surface area contributed by atoms with Crippen molar-refractivity contribution in [3.05, 3.63) is 40.5 Å². The van der Waals surface area contributed by atoms with Gasteiger partial charge in [0.1, 0.15) is 5.03 Å². The van der Waals surface area contributed by atoms with Crippen LogP contribution in [-0.2, 0) is 0 Å². The Morgan fingerprint density at radius 2 is 2.22 bits per heavy atom. The van der Waals surface area contributed by atoms with Gasteiger partial charge in [0.05, 0.1) is 0 Å². The molecule has 0 saturated heterocycles. The number of benzene rings is 1. The Labute approximate surface area is 120 Å². The molecule has 0 saturated carbocycles. The number of rotatable bonds is 4. The second kappa shape index (κ2) is 6.20. The fourth-order valence-corrected chi connectivity index (χ4v) is 2.87. The minimum Gasteiger partial charge on any atom is -0.354 e. The third-order valence-corrected chi connectivity index (χ3v) is 3.86. The van der Waals surface area contributed by atoms with Crippen LogP contribution in [0.15, 0.2) is 44.9 Å². The van der Waals surface area contributed by atoms with Gasteiger partial charge in [-0.15, -0.1) is 0 Å². The molecule has 0 radical (unpaired) electrons. The van der Waals surface area contributed by atoms with Crippen molar-refractivity contribution in [3.63, 3.8) is 0 Å². The van der Waals surface area contributed by atoms with Crippen molar-refractivity contribution in [2.24, 2.45) is 0 Å². The van der Waals surface area contributed by atoms with Crippen LogP contribution in [0.25, 0.3) is 0 Å². The maximum absolute atomic E-state index is 4.51. The SMILES string of the molecule is CCNc1ncc(C)c(Sc2cccc(Br)c2)n1. The maximum atomic E-state index is 4.51. The Kier molecular flexibility index (Phi) is 4.60. The quantitative estimate of drug-likeness (QED) is 0.858. The average Bonchev–Trinajstić information content (AvgIpc) is 2.34. The number of hydrogen-bond donors (Lipinski definition) is 1. The second-order valence-corrected chi connectivity index (χ2v) is 5.75. The van der Waals surface area contributed by atoms with Gasteiger partial charge in [-0.05, 0) is 32.0 Å². The molecule has 0 aliphatic heterocycles. The maximum Gasteiger partial charge on any atom is 0.223 e. The standard InChI is InChI=1S/C13H14BrN3S/c1-3-15-13-16-8-9(2)12(17-13)18-11-6-4-5-10(14)7-11/h4-8H,3H2,1-2H3,(H,15,16,17). The molecule has 1 N–H and O–H groups in total. The van der Waals surface area contributed by atoms with E-state index in [1.807, 2.05) is 32.2 Å². The van der Waals surface area contributed by atoms with Crippen LogP contribution in [0.3, 0.4) is 0 Å². The van der Waals surface area contributed by atoms with Gasteiger partial charge in [-0.2, -0.15) is 0 Å². The van der Waals surface area contributed by atoms with E-state index in [-0.39, 0.29) is 0 Å². The minimum absolute atomic E-state index is 0.681. The highest BCUT2D eigenvalue weighted by Gasteiger charge is 2.05. The first-order valence-electron chi connectivity index (χ1n) is 5.70. The van der Waals surface area contributed by atoms with Crippen LogP contribution in [0, 0.1) is 6.92 Å². The summed E-state index contributed by atoms with van der Waals surface area (Å²) in [5, 5.41) is 4.11. The molecule has 1 aromatic heterocycles. The normalized spacial score (nSPS) is 10.4. The van der Waals surface area contributed by atoms with Gasteiger partial charge in [0.2, 0.25) is 5.95 Å². The molecule has 0 spiro atoms. The number of anilines is 1. The summed E-state index contributed by atoms with van der Waals surface area (Å²) in [6, 6.07) is 8.19. The Balaban J connectivity index is 2.25. The molecule has 1 aromatic carbocycles. The van der Waals surface area contributed by atoms with Crippen molar-refractivity contribution in [1.82, 2.24) is 9.97 Å². The van der Waals surface area contributed by atoms with Crippen molar-refractivity contribution in [2.45, 2.75) is 23.8 Å². The Hall–Kier alpha value is -1.07. The molecule has 94 valence electrons. The molecule has 0 fully saturated rings. The number of hydrogen-bond acceptors (Lipinski definition) is 4. The van der Waals surface area contributed by atoms with E-state index < -0.39 is 0 Å². The van der Waals surface area contributed by atoms with Gasteiger partial charge >= 0.3 is 0 Å². The summed E-state index contributed by atoms with van der Waals surface area (Å²) < 4.78 is 1.08. The summed E-state index contributed by atoms with van der Waals surface area (Å²) in [5.41, 5.74) is 1.08. The molecule has 0 amide bonds. The number of nitrogens with one attached hydrogen (secondary N) is 1. The van der Waals surface area contributed by atoms with Crippen LogP contribution in [0.2, 0.25) is 0 Å². The Morgan fingerprint density at radius 3 is 2.94 bits per heavy atom. The van der Waals surface area contributed by atoms with Crippen molar-refractivity contribution in [2.75, 3.05) is 11.9 Å². The van der Waals surface area contributed by atoms with Crippen LogP contribution >= 0.6 is 27.7 Å². The third-order valence-electron chi connectivity index (χ3n) is 2.27. The summed E-state index contributed by atoms with van der Waals surface area (Å²) in [6.45, 7) is 4.88. The predicted octanol–water partition coefficient (Wildman–Crippen LogP) is 4.13. The first-order valence-corrected chi connectivity index (χ1v) is 7.31.